The first-order chi connectivity index (χ1) is 10.1. The van der Waals surface area contributed by atoms with E-state index in [0.717, 1.165) is 5.56 Å². The van der Waals surface area contributed by atoms with E-state index in [2.05, 4.69) is 11.1 Å². The van der Waals surface area contributed by atoms with Crippen LogP contribution < -0.4 is 4.74 Å². The van der Waals surface area contributed by atoms with Crippen LogP contribution in [0.15, 0.2) is 36.5 Å². The fourth-order valence-corrected chi connectivity index (χ4v) is 1.70. The molecule has 0 saturated carbocycles. The van der Waals surface area contributed by atoms with E-state index in [1.54, 1.807) is 30.4 Å². The molecule has 6 heteroatoms. The molecule has 0 aliphatic carbocycles. The summed E-state index contributed by atoms with van der Waals surface area (Å²) >= 11 is 0. The number of ether oxygens (including phenoxy) is 1. The Morgan fingerprint density at radius 2 is 2.14 bits per heavy atom. The van der Waals surface area contributed by atoms with Crippen molar-refractivity contribution in [2.24, 2.45) is 0 Å². The van der Waals surface area contributed by atoms with Crippen LogP contribution in [0.2, 0.25) is 0 Å². The third-order valence-electron chi connectivity index (χ3n) is 2.77. The monoisotopic (exact) mass is 281 g/mol. The van der Waals surface area contributed by atoms with Crippen molar-refractivity contribution >= 4 is 17.8 Å². The van der Waals surface area contributed by atoms with Crippen molar-refractivity contribution in [3.63, 3.8) is 0 Å². The Bertz CT molecular complexity index is 731. The summed E-state index contributed by atoms with van der Waals surface area (Å²) in [4.78, 5) is 14.0. The highest BCUT2D eigenvalue weighted by atomic mass is 16.6. The molecule has 104 valence electrons. The lowest BCUT2D eigenvalue weighted by Crippen LogP contribution is -1.89. The Hall–Kier alpha value is -3.20. The van der Waals surface area contributed by atoms with Crippen LogP contribution in [0.5, 0.6) is 5.75 Å². The van der Waals surface area contributed by atoms with Gasteiger partial charge in [0.2, 0.25) is 0 Å². The van der Waals surface area contributed by atoms with Gasteiger partial charge in [0, 0.05) is 6.07 Å². The number of nitrogens with zero attached hydrogens (tertiary/aromatic N) is 3. The summed E-state index contributed by atoms with van der Waals surface area (Å²) in [6.45, 7) is 0. The number of hydrogen-bond donors (Lipinski definition) is 0. The normalized spacial score (nSPS) is 10.3. The zero-order valence-corrected chi connectivity index (χ0v) is 11.2. The Balaban J connectivity index is 2.21. The molecule has 21 heavy (non-hydrogen) atoms. The van der Waals surface area contributed by atoms with Crippen molar-refractivity contribution in [2.75, 3.05) is 7.11 Å². The number of rotatable bonds is 4. The summed E-state index contributed by atoms with van der Waals surface area (Å²) in [5, 5.41) is 19.5. The van der Waals surface area contributed by atoms with E-state index < -0.39 is 4.92 Å². The highest BCUT2D eigenvalue weighted by molar-refractivity contribution is 5.69. The average Bonchev–Trinajstić information content (AvgIpc) is 2.52. The summed E-state index contributed by atoms with van der Waals surface area (Å²) in [7, 11) is 1.51. The molecule has 2 aromatic rings. The number of aromatic nitrogens is 1. The molecule has 0 aliphatic rings. The Morgan fingerprint density at radius 1 is 1.33 bits per heavy atom. The zero-order chi connectivity index (χ0) is 15.2. The molecule has 0 spiro atoms. The molecule has 1 aromatic carbocycles. The summed E-state index contributed by atoms with van der Waals surface area (Å²) < 4.78 is 5.07. The summed E-state index contributed by atoms with van der Waals surface area (Å²) in [5.41, 5.74) is 1.79. The summed E-state index contributed by atoms with van der Waals surface area (Å²) in [6, 6.07) is 10.2. The van der Waals surface area contributed by atoms with Gasteiger partial charge in [0.05, 0.1) is 23.3 Å². The molecular formula is C15H11N3O3. The Labute approximate surface area is 121 Å². The lowest BCUT2D eigenvalue weighted by molar-refractivity contribution is -0.385. The van der Waals surface area contributed by atoms with Crippen LogP contribution in [-0.2, 0) is 0 Å². The van der Waals surface area contributed by atoms with Gasteiger partial charge in [-0.2, -0.15) is 5.26 Å². The van der Waals surface area contributed by atoms with Gasteiger partial charge in [0.1, 0.15) is 18.0 Å². The van der Waals surface area contributed by atoms with Crippen molar-refractivity contribution in [1.82, 2.24) is 4.98 Å². The minimum atomic E-state index is -0.497. The van der Waals surface area contributed by atoms with Gasteiger partial charge in [-0.3, -0.25) is 10.1 Å². The quantitative estimate of drug-likeness (QED) is 0.634. The van der Waals surface area contributed by atoms with Crippen LogP contribution in [0.4, 0.5) is 5.69 Å². The van der Waals surface area contributed by atoms with Crippen molar-refractivity contribution in [3.05, 3.63) is 63.5 Å². The molecule has 2 rings (SSSR count). The molecule has 0 fully saturated rings. The molecule has 0 atom stereocenters. The van der Waals surface area contributed by atoms with E-state index in [9.17, 15) is 10.1 Å². The highest BCUT2D eigenvalue weighted by Crippen LogP contribution is 2.20. The molecule has 6 nitrogen and oxygen atoms in total. The number of benzene rings is 1. The van der Waals surface area contributed by atoms with E-state index in [1.807, 2.05) is 6.07 Å². The molecule has 0 aliphatic heterocycles. The maximum absolute atomic E-state index is 10.5. The number of pyridine rings is 1. The smallest absolute Gasteiger partial charge is 0.287 e. The first kappa shape index (κ1) is 14.2. The van der Waals surface area contributed by atoms with Crippen molar-refractivity contribution < 1.29 is 9.66 Å². The summed E-state index contributed by atoms with van der Waals surface area (Å²) in [5.74, 6) is 0.517. The van der Waals surface area contributed by atoms with Gasteiger partial charge in [0.25, 0.3) is 5.69 Å². The van der Waals surface area contributed by atoms with Crippen LogP contribution in [0.1, 0.15) is 16.8 Å². The fraction of sp³-hybridized carbons (Fsp3) is 0.0667. The van der Waals surface area contributed by atoms with Gasteiger partial charge in [-0.1, -0.05) is 12.1 Å². The topological polar surface area (TPSA) is 89.1 Å². The number of nitriles is 1. The first-order valence-electron chi connectivity index (χ1n) is 6.00. The van der Waals surface area contributed by atoms with Crippen LogP contribution in [0, 0.1) is 21.4 Å². The molecule has 0 radical (unpaired) electrons. The second kappa shape index (κ2) is 6.30. The van der Waals surface area contributed by atoms with Gasteiger partial charge in [-0.15, -0.1) is 0 Å². The number of methoxy groups -OCH3 is 1. The third-order valence-corrected chi connectivity index (χ3v) is 2.77. The maximum atomic E-state index is 10.5. The molecule has 0 saturated heterocycles. The van der Waals surface area contributed by atoms with Crippen molar-refractivity contribution in [1.29, 1.82) is 5.26 Å². The van der Waals surface area contributed by atoms with Crippen molar-refractivity contribution in [2.45, 2.75) is 0 Å². The van der Waals surface area contributed by atoms with Crippen LogP contribution in [0.3, 0.4) is 0 Å². The first-order valence-corrected chi connectivity index (χ1v) is 6.00. The minimum Gasteiger partial charge on any atom is -0.495 e. The van der Waals surface area contributed by atoms with Gasteiger partial charge in [-0.05, 0) is 29.8 Å². The van der Waals surface area contributed by atoms with Crippen LogP contribution >= 0.6 is 0 Å². The second-order valence-electron chi connectivity index (χ2n) is 4.10. The minimum absolute atomic E-state index is 0.0524. The summed E-state index contributed by atoms with van der Waals surface area (Å²) in [6.07, 6.45) is 4.69. The SMILES string of the molecule is COc1ccc(/C=C/c2ccc([N+](=O)[O-])cn2)cc1C#N. The van der Waals surface area contributed by atoms with Gasteiger partial charge in [-0.25, -0.2) is 4.98 Å². The highest BCUT2D eigenvalue weighted by Gasteiger charge is 2.04. The molecule has 1 heterocycles. The zero-order valence-electron chi connectivity index (χ0n) is 11.2. The van der Waals surface area contributed by atoms with E-state index in [-0.39, 0.29) is 5.69 Å². The number of nitro groups is 1. The van der Waals surface area contributed by atoms with Gasteiger partial charge >= 0.3 is 0 Å². The van der Waals surface area contributed by atoms with E-state index in [0.29, 0.717) is 17.0 Å². The lowest BCUT2D eigenvalue weighted by atomic mass is 10.1. The standard InChI is InChI=1S/C15H11N3O3/c1-21-15-7-3-11(8-12(15)9-16)2-4-13-5-6-14(10-17-13)18(19)20/h2-8,10H,1H3/b4-2+. The van der Waals surface area contributed by atoms with E-state index in [4.69, 9.17) is 10.00 Å². The van der Waals surface area contributed by atoms with Gasteiger partial charge < -0.3 is 4.74 Å². The molecule has 0 amide bonds. The largest absolute Gasteiger partial charge is 0.495 e. The number of hydrogen-bond acceptors (Lipinski definition) is 5. The Kier molecular flexibility index (Phi) is 4.26. The molecular weight excluding hydrogens is 270 g/mol. The van der Waals surface area contributed by atoms with E-state index >= 15 is 0 Å². The maximum Gasteiger partial charge on any atom is 0.287 e. The molecule has 0 unspecified atom stereocenters. The molecule has 0 bridgehead atoms. The lowest BCUT2D eigenvalue weighted by Gasteiger charge is -2.02. The van der Waals surface area contributed by atoms with Crippen LogP contribution in [-0.4, -0.2) is 17.0 Å². The predicted molar refractivity (Wildman–Crippen MR) is 77.5 cm³/mol. The predicted octanol–water partition coefficient (Wildman–Crippen LogP) is 3.04. The van der Waals surface area contributed by atoms with E-state index in [1.165, 1.54) is 19.4 Å². The Morgan fingerprint density at radius 3 is 2.71 bits per heavy atom. The fourth-order valence-electron chi connectivity index (χ4n) is 1.70. The average molecular weight is 281 g/mol. The third kappa shape index (κ3) is 3.42. The second-order valence-corrected chi connectivity index (χ2v) is 4.10. The molecule has 0 N–H and O–H groups in total. The van der Waals surface area contributed by atoms with Crippen molar-refractivity contribution in [3.8, 4) is 11.8 Å². The molecule has 1 aromatic heterocycles. The van der Waals surface area contributed by atoms with Crippen LogP contribution in [0.25, 0.3) is 12.2 Å². The van der Waals surface area contributed by atoms with Gasteiger partial charge in [0.15, 0.2) is 0 Å².